The van der Waals surface area contributed by atoms with E-state index in [2.05, 4.69) is 4.99 Å². The molecule has 0 aromatic heterocycles. The highest BCUT2D eigenvalue weighted by Gasteiger charge is 2.18. The average molecular weight is 176 g/mol. The lowest BCUT2D eigenvalue weighted by molar-refractivity contribution is 0.0698. The van der Waals surface area contributed by atoms with Gasteiger partial charge in [0, 0.05) is 17.5 Å². The number of nitrogens with two attached hydrogens (primary N) is 1. The molecule has 1 heterocycles. The first-order valence-corrected chi connectivity index (χ1v) is 3.84. The fourth-order valence-corrected chi connectivity index (χ4v) is 1.44. The minimum Gasteiger partial charge on any atom is -0.478 e. The third-order valence-corrected chi connectivity index (χ3v) is 2.06. The largest absolute Gasteiger partial charge is 0.478 e. The number of anilines is 1. The predicted molar refractivity (Wildman–Crippen MR) is 49.1 cm³/mol. The summed E-state index contributed by atoms with van der Waals surface area (Å²) in [6.45, 7) is 0.551. The van der Waals surface area contributed by atoms with Crippen LogP contribution in [-0.4, -0.2) is 17.3 Å². The Balaban J connectivity index is 2.71. The van der Waals surface area contributed by atoms with Gasteiger partial charge in [-0.05, 0) is 11.6 Å². The van der Waals surface area contributed by atoms with Crippen molar-refractivity contribution in [3.8, 4) is 0 Å². The molecule has 13 heavy (non-hydrogen) atoms. The fourth-order valence-electron chi connectivity index (χ4n) is 1.44. The van der Waals surface area contributed by atoms with Crippen LogP contribution in [0.1, 0.15) is 21.5 Å². The Bertz CT molecular complexity index is 410. The number of hydrogen-bond donors (Lipinski definition) is 2. The van der Waals surface area contributed by atoms with Gasteiger partial charge in [0.05, 0.1) is 12.1 Å². The normalized spacial score (nSPS) is 12.9. The van der Waals surface area contributed by atoms with E-state index < -0.39 is 5.97 Å². The highest BCUT2D eigenvalue weighted by molar-refractivity contribution is 6.04. The molecule has 0 bridgehead atoms. The molecule has 0 unspecified atom stereocenters. The summed E-state index contributed by atoms with van der Waals surface area (Å²) in [5.74, 6) is -0.997. The van der Waals surface area contributed by atoms with E-state index in [0.717, 1.165) is 5.56 Å². The monoisotopic (exact) mass is 176 g/mol. The zero-order valence-corrected chi connectivity index (χ0v) is 6.82. The van der Waals surface area contributed by atoms with E-state index in [4.69, 9.17) is 10.8 Å². The molecule has 0 saturated carbocycles. The molecule has 1 aromatic carbocycles. The summed E-state index contributed by atoms with van der Waals surface area (Å²) in [6, 6.07) is 3.42. The second kappa shape index (κ2) is 2.58. The van der Waals surface area contributed by atoms with Crippen molar-refractivity contribution in [2.24, 2.45) is 4.99 Å². The Hall–Kier alpha value is -1.84. The number of nitrogens with zero attached hydrogens (tertiary/aromatic N) is 1. The molecule has 1 aliphatic rings. The molecule has 0 saturated heterocycles. The molecule has 0 radical (unpaired) electrons. The maximum Gasteiger partial charge on any atom is 0.338 e. The average Bonchev–Trinajstić information content (AvgIpc) is 2.50. The van der Waals surface area contributed by atoms with Crippen LogP contribution >= 0.6 is 0 Å². The van der Waals surface area contributed by atoms with Gasteiger partial charge in [-0.1, -0.05) is 6.07 Å². The lowest BCUT2D eigenvalue weighted by Gasteiger charge is -2.05. The highest BCUT2D eigenvalue weighted by Crippen LogP contribution is 2.23. The predicted octanol–water partition coefficient (Wildman–Crippen LogP) is 0.900. The van der Waals surface area contributed by atoms with E-state index >= 15 is 0 Å². The molecule has 1 aliphatic heterocycles. The van der Waals surface area contributed by atoms with E-state index in [0.29, 0.717) is 17.8 Å². The van der Waals surface area contributed by atoms with E-state index in [1.165, 1.54) is 0 Å². The summed E-state index contributed by atoms with van der Waals surface area (Å²) in [7, 11) is 0. The lowest BCUT2D eigenvalue weighted by atomic mass is 10.0. The number of carboxylic acids is 1. The highest BCUT2D eigenvalue weighted by atomic mass is 16.4. The minimum atomic E-state index is -0.997. The van der Waals surface area contributed by atoms with Gasteiger partial charge < -0.3 is 10.8 Å². The third kappa shape index (κ3) is 1.07. The molecule has 0 spiro atoms. The van der Waals surface area contributed by atoms with Gasteiger partial charge >= 0.3 is 5.97 Å². The van der Waals surface area contributed by atoms with E-state index in [9.17, 15) is 4.79 Å². The van der Waals surface area contributed by atoms with Gasteiger partial charge in [-0.25, -0.2) is 4.79 Å². The van der Waals surface area contributed by atoms with Gasteiger partial charge in [0.15, 0.2) is 0 Å². The molecule has 66 valence electrons. The summed E-state index contributed by atoms with van der Waals surface area (Å²) < 4.78 is 0. The van der Waals surface area contributed by atoms with Gasteiger partial charge in [0.1, 0.15) is 0 Å². The smallest absolute Gasteiger partial charge is 0.338 e. The Morgan fingerprint density at radius 3 is 3.00 bits per heavy atom. The molecule has 1 aromatic rings. The zero-order chi connectivity index (χ0) is 9.42. The van der Waals surface area contributed by atoms with Crippen LogP contribution in [0.5, 0.6) is 0 Å². The first kappa shape index (κ1) is 7.79. The molecule has 0 amide bonds. The maximum atomic E-state index is 10.8. The Labute approximate surface area is 74.7 Å². The standard InChI is InChI=1S/C9H8N2O2/c10-7-2-1-5-3-11-4-6(5)8(7)9(12)13/h1-2,4H,3,10H2,(H,12,13). The maximum absolute atomic E-state index is 10.8. The first-order valence-electron chi connectivity index (χ1n) is 3.84. The molecular weight excluding hydrogens is 168 g/mol. The Morgan fingerprint density at radius 2 is 2.31 bits per heavy atom. The SMILES string of the molecule is Nc1ccc2c(c1C(=O)O)C=NC2. The van der Waals surface area contributed by atoms with Crippen molar-refractivity contribution >= 4 is 17.9 Å². The number of carbonyl (C=O) groups is 1. The molecule has 0 fully saturated rings. The van der Waals surface area contributed by atoms with Crippen molar-refractivity contribution in [1.82, 2.24) is 0 Å². The van der Waals surface area contributed by atoms with Crippen molar-refractivity contribution in [3.05, 3.63) is 28.8 Å². The number of nitrogen functional groups attached to an aromatic ring is 1. The van der Waals surface area contributed by atoms with Crippen molar-refractivity contribution in [2.45, 2.75) is 6.54 Å². The van der Waals surface area contributed by atoms with Crippen molar-refractivity contribution in [3.63, 3.8) is 0 Å². The minimum absolute atomic E-state index is 0.166. The second-order valence-electron chi connectivity index (χ2n) is 2.88. The number of carboxylic acid groups (broad SMARTS) is 1. The van der Waals surface area contributed by atoms with Gasteiger partial charge in [0.2, 0.25) is 0 Å². The number of benzene rings is 1. The Morgan fingerprint density at radius 1 is 1.54 bits per heavy atom. The summed E-state index contributed by atoms with van der Waals surface area (Å²) in [5.41, 5.74) is 7.58. The van der Waals surface area contributed by atoms with Crippen LogP contribution in [-0.2, 0) is 6.54 Å². The molecule has 4 nitrogen and oxygen atoms in total. The molecule has 3 N–H and O–H groups in total. The van der Waals surface area contributed by atoms with Crippen molar-refractivity contribution in [1.29, 1.82) is 0 Å². The van der Waals surface area contributed by atoms with Crippen LogP contribution in [0.15, 0.2) is 17.1 Å². The van der Waals surface area contributed by atoms with Crippen LogP contribution < -0.4 is 5.73 Å². The number of fused-ring (bicyclic) bond motifs is 1. The molecule has 4 heteroatoms. The van der Waals surface area contributed by atoms with Gasteiger partial charge in [-0.3, -0.25) is 4.99 Å². The number of rotatable bonds is 1. The number of hydrogen-bond acceptors (Lipinski definition) is 3. The first-order chi connectivity index (χ1) is 6.20. The second-order valence-corrected chi connectivity index (χ2v) is 2.88. The van der Waals surface area contributed by atoms with Crippen molar-refractivity contribution < 1.29 is 9.90 Å². The van der Waals surface area contributed by atoms with Crippen LogP contribution in [0.3, 0.4) is 0 Å². The van der Waals surface area contributed by atoms with Gasteiger partial charge in [0.25, 0.3) is 0 Å². The van der Waals surface area contributed by atoms with E-state index in [-0.39, 0.29) is 5.56 Å². The summed E-state index contributed by atoms with van der Waals surface area (Å²) in [6.07, 6.45) is 1.56. The van der Waals surface area contributed by atoms with Crippen LogP contribution in [0, 0.1) is 0 Å². The summed E-state index contributed by atoms with van der Waals surface area (Å²) in [5, 5.41) is 8.89. The zero-order valence-electron chi connectivity index (χ0n) is 6.82. The van der Waals surface area contributed by atoms with Crippen molar-refractivity contribution in [2.75, 3.05) is 5.73 Å². The molecular formula is C9H8N2O2. The summed E-state index contributed by atoms with van der Waals surface area (Å²) in [4.78, 5) is 14.8. The van der Waals surface area contributed by atoms with Crippen LogP contribution in [0.4, 0.5) is 5.69 Å². The molecule has 0 aliphatic carbocycles. The fraction of sp³-hybridized carbons (Fsp3) is 0.111. The van der Waals surface area contributed by atoms with E-state index in [1.807, 2.05) is 6.07 Å². The number of aliphatic imine (C=N–C) groups is 1. The quantitative estimate of drug-likeness (QED) is 0.624. The molecule has 0 atom stereocenters. The van der Waals surface area contributed by atoms with Gasteiger partial charge in [-0.15, -0.1) is 0 Å². The van der Waals surface area contributed by atoms with Crippen LogP contribution in [0.2, 0.25) is 0 Å². The lowest BCUT2D eigenvalue weighted by Crippen LogP contribution is -2.07. The summed E-state index contributed by atoms with van der Waals surface area (Å²) >= 11 is 0. The number of aromatic carboxylic acids is 1. The Kier molecular flexibility index (Phi) is 1.55. The molecule has 2 rings (SSSR count). The van der Waals surface area contributed by atoms with Crippen LogP contribution in [0.25, 0.3) is 0 Å². The van der Waals surface area contributed by atoms with E-state index in [1.54, 1.807) is 12.3 Å². The third-order valence-electron chi connectivity index (χ3n) is 2.06. The topological polar surface area (TPSA) is 75.7 Å². The van der Waals surface area contributed by atoms with Gasteiger partial charge in [-0.2, -0.15) is 0 Å².